The molecule has 0 aliphatic heterocycles. The Kier molecular flexibility index (Phi) is 2.39. The van der Waals surface area contributed by atoms with Crippen LogP contribution in [0.5, 0.6) is 0 Å². The molecule has 0 unspecified atom stereocenters. The maximum absolute atomic E-state index is 10.4. The second kappa shape index (κ2) is 3.31. The summed E-state index contributed by atoms with van der Waals surface area (Å²) in [6.45, 7) is 1.74. The number of rotatable bonds is 3. The second-order valence-corrected chi connectivity index (χ2v) is 2.30. The second-order valence-electron chi connectivity index (χ2n) is 2.30. The summed E-state index contributed by atoms with van der Waals surface area (Å²) in [6, 6.07) is 0. The van der Waals surface area contributed by atoms with Gasteiger partial charge in [0.1, 0.15) is 12.7 Å². The zero-order valence-electron chi connectivity index (χ0n) is 6.60. The minimum Gasteiger partial charge on any atom is -0.392 e. The van der Waals surface area contributed by atoms with Crippen LogP contribution in [0, 0.1) is 17.0 Å². The number of nitro groups is 1. The van der Waals surface area contributed by atoms with Gasteiger partial charge in [0.05, 0.1) is 6.61 Å². The van der Waals surface area contributed by atoms with Crippen molar-refractivity contribution < 1.29 is 10.0 Å². The smallest absolute Gasteiger partial charge is 0.342 e. The Labute approximate surface area is 68.6 Å². The first-order chi connectivity index (χ1) is 5.66. The van der Waals surface area contributed by atoms with Crippen LogP contribution < -0.4 is 0 Å². The molecule has 0 aliphatic carbocycles. The van der Waals surface area contributed by atoms with E-state index in [9.17, 15) is 10.1 Å². The Bertz CT molecular complexity index is 294. The lowest BCUT2D eigenvalue weighted by atomic mass is 10.7. The van der Waals surface area contributed by atoms with Crippen LogP contribution in [0.1, 0.15) is 5.82 Å². The fourth-order valence-corrected chi connectivity index (χ4v) is 0.978. The van der Waals surface area contributed by atoms with Crippen molar-refractivity contribution in [1.29, 1.82) is 0 Å². The Morgan fingerprint density at radius 1 is 1.83 bits per heavy atom. The normalized spacial score (nSPS) is 10.2. The highest BCUT2D eigenvalue weighted by atomic mass is 16.6. The zero-order valence-corrected chi connectivity index (χ0v) is 6.60. The predicted molar refractivity (Wildman–Crippen MR) is 40.7 cm³/mol. The molecule has 66 valence electrons. The Hall–Kier alpha value is -1.43. The fourth-order valence-electron chi connectivity index (χ4n) is 0.978. The molecule has 1 N–H and O–H groups in total. The number of aromatic nitrogens is 2. The van der Waals surface area contributed by atoms with Gasteiger partial charge in [-0.25, -0.2) is 9.55 Å². The molecular formula is C6H9N3O3. The largest absolute Gasteiger partial charge is 0.392 e. The summed E-state index contributed by atoms with van der Waals surface area (Å²) in [6.07, 6.45) is 1.19. The fraction of sp³-hybridized carbons (Fsp3) is 0.500. The number of imidazole rings is 1. The van der Waals surface area contributed by atoms with E-state index in [0.717, 1.165) is 0 Å². The summed E-state index contributed by atoms with van der Waals surface area (Å²) in [5.74, 6) is 0.456. The first kappa shape index (κ1) is 8.66. The number of hydrogen-bond donors (Lipinski definition) is 1. The van der Waals surface area contributed by atoms with Gasteiger partial charge < -0.3 is 15.2 Å². The van der Waals surface area contributed by atoms with Crippen LogP contribution in [0.25, 0.3) is 0 Å². The van der Waals surface area contributed by atoms with Gasteiger partial charge in [0.15, 0.2) is 5.82 Å². The molecule has 0 amide bonds. The van der Waals surface area contributed by atoms with Crippen molar-refractivity contribution in [1.82, 2.24) is 9.55 Å². The topological polar surface area (TPSA) is 81.2 Å². The molecule has 6 nitrogen and oxygen atoms in total. The highest BCUT2D eigenvalue weighted by molar-refractivity contribution is 5.18. The summed E-state index contributed by atoms with van der Waals surface area (Å²) in [5.41, 5.74) is 0. The van der Waals surface area contributed by atoms with Crippen molar-refractivity contribution >= 4 is 5.82 Å². The van der Waals surface area contributed by atoms with Crippen LogP contribution >= 0.6 is 0 Å². The van der Waals surface area contributed by atoms with E-state index in [2.05, 4.69) is 4.98 Å². The zero-order chi connectivity index (χ0) is 9.14. The minimum absolute atomic E-state index is 0.0819. The summed E-state index contributed by atoms with van der Waals surface area (Å²) in [7, 11) is 0. The lowest BCUT2D eigenvalue weighted by Gasteiger charge is -1.98. The molecular weight excluding hydrogens is 166 g/mol. The molecule has 0 aliphatic rings. The van der Waals surface area contributed by atoms with Crippen LogP contribution in [0.4, 0.5) is 5.82 Å². The van der Waals surface area contributed by atoms with Crippen LogP contribution in [0.2, 0.25) is 0 Å². The van der Waals surface area contributed by atoms with Crippen molar-refractivity contribution in [3.8, 4) is 0 Å². The number of hydrogen-bond acceptors (Lipinski definition) is 4. The molecule has 0 spiro atoms. The van der Waals surface area contributed by atoms with E-state index in [-0.39, 0.29) is 19.0 Å². The maximum Gasteiger partial charge on any atom is 0.342 e. The lowest BCUT2D eigenvalue weighted by molar-refractivity contribution is -0.392. The SMILES string of the molecule is [13CH3][13c]1[15n]cc([N+](=O)[O-])[15n]1CCO. The van der Waals surface area contributed by atoms with Crippen molar-refractivity contribution in [2.75, 3.05) is 6.61 Å². The van der Waals surface area contributed by atoms with E-state index >= 15 is 0 Å². The molecule has 1 aromatic rings. The molecule has 6 heteroatoms. The molecule has 1 rings (SSSR count). The molecule has 12 heavy (non-hydrogen) atoms. The number of nitrogens with zero attached hydrogens (tertiary/aromatic N) is 3. The molecule has 0 bridgehead atoms. The third-order valence-electron chi connectivity index (χ3n) is 1.54. The van der Waals surface area contributed by atoms with Gasteiger partial charge in [0, 0.05) is 6.92 Å². The maximum atomic E-state index is 10.4. The van der Waals surface area contributed by atoms with Crippen LogP contribution in [0.3, 0.4) is 0 Å². The van der Waals surface area contributed by atoms with E-state index in [1.54, 1.807) is 6.92 Å². The summed E-state index contributed by atoms with van der Waals surface area (Å²) in [4.78, 5) is 13.6. The first-order valence-electron chi connectivity index (χ1n) is 3.44. The Morgan fingerprint density at radius 3 is 3.00 bits per heavy atom. The summed E-state index contributed by atoms with van der Waals surface area (Å²) in [5, 5.41) is 19.0. The number of aliphatic hydroxyl groups excluding tert-OH is 1. The Balaban J connectivity index is 3.03. The first-order valence-corrected chi connectivity index (χ1v) is 3.44. The summed E-state index contributed by atoms with van der Waals surface area (Å²) < 4.78 is 1.36. The minimum atomic E-state index is -0.518. The van der Waals surface area contributed by atoms with Gasteiger partial charge >= 0.3 is 5.82 Å². The van der Waals surface area contributed by atoms with Gasteiger partial charge in [-0.1, -0.05) is 0 Å². The van der Waals surface area contributed by atoms with Crippen molar-refractivity contribution in [2.45, 2.75) is 13.5 Å². The van der Waals surface area contributed by atoms with Crippen LogP contribution in [-0.2, 0) is 6.54 Å². The molecule has 0 aromatic carbocycles. The van der Waals surface area contributed by atoms with Crippen molar-refractivity contribution in [3.05, 3.63) is 22.1 Å². The van der Waals surface area contributed by atoms with Gasteiger partial charge in [-0.15, -0.1) is 0 Å². The highest BCUT2D eigenvalue weighted by Gasteiger charge is 2.15. The molecule has 0 fully saturated rings. The Morgan fingerprint density at radius 2 is 2.50 bits per heavy atom. The third-order valence-corrected chi connectivity index (χ3v) is 1.54. The van der Waals surface area contributed by atoms with Gasteiger partial charge in [-0.05, 0) is 4.92 Å². The number of aliphatic hydroxyl groups is 1. The molecule has 0 radical (unpaired) electrons. The van der Waals surface area contributed by atoms with E-state index in [1.165, 1.54) is 10.8 Å². The van der Waals surface area contributed by atoms with Crippen LogP contribution in [0.15, 0.2) is 6.20 Å². The molecule has 0 atom stereocenters. The predicted octanol–water partition coefficient (Wildman–Crippen LogP) is 0.0920. The van der Waals surface area contributed by atoms with Crippen molar-refractivity contribution in [2.24, 2.45) is 0 Å². The molecule has 0 saturated heterocycles. The third kappa shape index (κ3) is 1.42. The molecule has 1 aromatic heterocycles. The van der Waals surface area contributed by atoms with E-state index in [1.807, 2.05) is 0 Å². The highest BCUT2D eigenvalue weighted by Crippen LogP contribution is 2.12. The monoisotopic (exact) mass is 175 g/mol. The van der Waals surface area contributed by atoms with Crippen molar-refractivity contribution in [3.63, 3.8) is 0 Å². The van der Waals surface area contributed by atoms with E-state index in [0.29, 0.717) is 5.82 Å². The average molecular weight is 175 g/mol. The number of aryl methyl sites for hydroxylation is 1. The quantitative estimate of drug-likeness (QED) is 0.401. The van der Waals surface area contributed by atoms with E-state index < -0.39 is 4.92 Å². The van der Waals surface area contributed by atoms with Crippen LogP contribution in [-0.4, -0.2) is 26.2 Å². The van der Waals surface area contributed by atoms with Gasteiger partial charge in [0.2, 0.25) is 0 Å². The lowest BCUT2D eigenvalue weighted by Crippen LogP contribution is -2.07. The van der Waals surface area contributed by atoms with Gasteiger partial charge in [0.25, 0.3) is 0 Å². The average Bonchev–Trinajstić information content (AvgIpc) is 2.34. The summed E-state index contributed by atoms with van der Waals surface area (Å²) >= 11 is 0. The van der Waals surface area contributed by atoms with Gasteiger partial charge in [-0.3, -0.25) is 0 Å². The standard InChI is InChI=1S/C6H9N3O3/c1-5-7-4-6(9(11)12)8(5)2-3-10/h4,10H,2-3H2,1H3/i1+1,5+1,7+1,8+1. The molecule has 1 heterocycles. The molecule has 0 saturated carbocycles. The van der Waals surface area contributed by atoms with Gasteiger partial charge in [-0.2, -0.15) is 0 Å². The van der Waals surface area contributed by atoms with E-state index in [4.69, 9.17) is 5.11 Å².